The predicted molar refractivity (Wildman–Crippen MR) is 101 cm³/mol. The Hall–Kier alpha value is -1.48. The maximum absolute atomic E-state index is 12.0. The number of benzene rings is 1. The third kappa shape index (κ3) is 6.10. The molecule has 0 aliphatic rings. The molecular weight excluding hydrogens is 286 g/mol. The Kier molecular flexibility index (Phi) is 5.69. The van der Waals surface area contributed by atoms with Crippen molar-refractivity contribution >= 4 is 25.6 Å². The summed E-state index contributed by atoms with van der Waals surface area (Å²) < 4.78 is 0. The highest BCUT2D eigenvalue weighted by Gasteiger charge is 2.14. The standard InChI is InChI=1S/C19H29NOSi/c1-14(13-22(6,7)8)17-10-9-16(11-18(17)15(2)21)12-20-19(3,4)5/h9-13H,1-8H3/b14-13+,20-12?. The van der Waals surface area contributed by atoms with Crippen LogP contribution in [-0.2, 0) is 0 Å². The van der Waals surface area contributed by atoms with E-state index in [4.69, 9.17) is 0 Å². The van der Waals surface area contributed by atoms with Crippen LogP contribution in [0.3, 0.4) is 0 Å². The largest absolute Gasteiger partial charge is 0.294 e. The Morgan fingerprint density at radius 2 is 1.68 bits per heavy atom. The Bertz CT molecular complexity index is 613. The van der Waals surface area contributed by atoms with Crippen LogP contribution in [0.15, 0.2) is 28.9 Å². The van der Waals surface area contributed by atoms with Gasteiger partial charge in [0, 0.05) is 11.8 Å². The fourth-order valence-corrected chi connectivity index (χ4v) is 3.73. The van der Waals surface area contributed by atoms with Crippen LogP contribution >= 0.6 is 0 Å². The van der Waals surface area contributed by atoms with Crippen molar-refractivity contribution in [2.45, 2.75) is 59.8 Å². The lowest BCUT2D eigenvalue weighted by atomic mass is 9.97. The lowest BCUT2D eigenvalue weighted by Gasteiger charge is -2.15. The second kappa shape index (κ2) is 6.74. The highest BCUT2D eigenvalue weighted by atomic mass is 28.3. The van der Waals surface area contributed by atoms with Crippen molar-refractivity contribution in [1.29, 1.82) is 0 Å². The molecule has 0 heterocycles. The number of allylic oxidation sites excluding steroid dienone is 1. The molecule has 0 fully saturated rings. The van der Waals surface area contributed by atoms with E-state index < -0.39 is 8.07 Å². The van der Waals surface area contributed by atoms with Crippen molar-refractivity contribution in [2.75, 3.05) is 0 Å². The van der Waals surface area contributed by atoms with E-state index in [9.17, 15) is 4.79 Å². The molecule has 0 saturated carbocycles. The summed E-state index contributed by atoms with van der Waals surface area (Å²) >= 11 is 0. The average Bonchev–Trinajstić information content (AvgIpc) is 2.33. The highest BCUT2D eigenvalue weighted by molar-refractivity contribution is 6.81. The molecular formula is C19H29NOSi. The second-order valence-corrected chi connectivity index (χ2v) is 13.0. The minimum absolute atomic E-state index is 0.101. The van der Waals surface area contributed by atoms with Crippen LogP contribution in [0.1, 0.15) is 56.1 Å². The van der Waals surface area contributed by atoms with Crippen molar-refractivity contribution in [2.24, 2.45) is 4.99 Å². The number of rotatable bonds is 4. The van der Waals surface area contributed by atoms with Gasteiger partial charge < -0.3 is 0 Å². The number of aliphatic imine (C=N–C) groups is 1. The van der Waals surface area contributed by atoms with Gasteiger partial charge in [0.15, 0.2) is 5.78 Å². The van der Waals surface area contributed by atoms with E-state index in [1.165, 1.54) is 5.57 Å². The van der Waals surface area contributed by atoms with E-state index in [0.717, 1.165) is 16.7 Å². The molecule has 2 nitrogen and oxygen atoms in total. The normalized spacial score (nSPS) is 13.7. The quantitative estimate of drug-likeness (QED) is 0.416. The molecule has 0 saturated heterocycles. The first-order valence-electron chi connectivity index (χ1n) is 7.79. The number of Topliss-reactive ketones (excluding diaryl/α,β-unsaturated/α-hetero) is 1. The molecule has 120 valence electrons. The van der Waals surface area contributed by atoms with Crippen LogP contribution < -0.4 is 0 Å². The molecule has 22 heavy (non-hydrogen) atoms. The Labute approximate surface area is 136 Å². The molecule has 0 amide bonds. The topological polar surface area (TPSA) is 29.4 Å². The summed E-state index contributed by atoms with van der Waals surface area (Å²) in [6.45, 7) is 16.8. The molecule has 1 aromatic carbocycles. The molecule has 0 bridgehead atoms. The number of carbonyl (C=O) groups is 1. The average molecular weight is 316 g/mol. The summed E-state index contributed by atoms with van der Waals surface area (Å²) in [6.07, 6.45) is 1.85. The van der Waals surface area contributed by atoms with Gasteiger partial charge in [0.1, 0.15) is 0 Å². The van der Waals surface area contributed by atoms with Crippen molar-refractivity contribution in [3.8, 4) is 0 Å². The Morgan fingerprint density at radius 1 is 1.09 bits per heavy atom. The summed E-state index contributed by atoms with van der Waals surface area (Å²) in [7, 11) is -1.31. The summed E-state index contributed by atoms with van der Waals surface area (Å²) in [5, 5.41) is 0. The first kappa shape index (κ1) is 18.6. The van der Waals surface area contributed by atoms with Gasteiger partial charge in [-0.1, -0.05) is 43.0 Å². The van der Waals surface area contributed by atoms with Crippen LogP contribution in [0.25, 0.3) is 5.57 Å². The number of hydrogen-bond acceptors (Lipinski definition) is 2. The van der Waals surface area contributed by atoms with E-state index in [2.05, 4.69) is 58.0 Å². The minimum Gasteiger partial charge on any atom is -0.294 e. The van der Waals surface area contributed by atoms with Crippen LogP contribution in [0.4, 0.5) is 0 Å². The van der Waals surface area contributed by atoms with Gasteiger partial charge in [-0.2, -0.15) is 0 Å². The van der Waals surface area contributed by atoms with Crippen LogP contribution in [-0.4, -0.2) is 25.6 Å². The zero-order valence-electron chi connectivity index (χ0n) is 15.2. The molecule has 1 rings (SSSR count). The molecule has 0 aliphatic heterocycles. The lowest BCUT2D eigenvalue weighted by Crippen LogP contribution is -2.16. The fraction of sp³-hybridized carbons (Fsp3) is 0.474. The molecule has 0 aromatic heterocycles. The summed E-state index contributed by atoms with van der Waals surface area (Å²) in [5.74, 6) is 0.101. The fourth-order valence-electron chi connectivity index (χ4n) is 2.27. The lowest BCUT2D eigenvalue weighted by molar-refractivity contribution is 0.101. The van der Waals surface area contributed by atoms with Crippen LogP contribution in [0, 0.1) is 0 Å². The number of carbonyl (C=O) groups excluding carboxylic acids is 1. The zero-order valence-corrected chi connectivity index (χ0v) is 16.2. The monoisotopic (exact) mass is 315 g/mol. The second-order valence-electron chi connectivity index (χ2n) is 7.98. The molecule has 0 radical (unpaired) electrons. The third-order valence-corrected chi connectivity index (χ3v) is 4.40. The van der Waals surface area contributed by atoms with Crippen LogP contribution in [0.5, 0.6) is 0 Å². The number of hydrogen-bond donors (Lipinski definition) is 0. The third-order valence-electron chi connectivity index (χ3n) is 3.10. The van der Waals surface area contributed by atoms with Crippen molar-refractivity contribution in [1.82, 2.24) is 0 Å². The van der Waals surface area contributed by atoms with Gasteiger partial charge in [0.2, 0.25) is 0 Å². The Morgan fingerprint density at radius 3 is 2.14 bits per heavy atom. The van der Waals surface area contributed by atoms with Crippen molar-refractivity contribution in [3.63, 3.8) is 0 Å². The Balaban J connectivity index is 3.31. The number of ketones is 1. The minimum atomic E-state index is -1.31. The van der Waals surface area contributed by atoms with Gasteiger partial charge >= 0.3 is 0 Å². The summed E-state index contributed by atoms with van der Waals surface area (Å²) in [5.41, 5.74) is 6.24. The van der Waals surface area contributed by atoms with Crippen LogP contribution in [0.2, 0.25) is 19.6 Å². The number of nitrogens with zero attached hydrogens (tertiary/aromatic N) is 1. The molecule has 1 aromatic rings. The van der Waals surface area contributed by atoms with Crippen molar-refractivity contribution < 1.29 is 4.79 Å². The van der Waals surface area contributed by atoms with E-state index in [1.807, 2.05) is 24.4 Å². The molecule has 0 atom stereocenters. The van der Waals surface area contributed by atoms with Gasteiger partial charge in [-0.05, 0) is 51.8 Å². The predicted octanol–water partition coefficient (Wildman–Crippen LogP) is 5.39. The maximum atomic E-state index is 12.0. The molecule has 0 unspecified atom stereocenters. The van der Waals surface area contributed by atoms with E-state index in [0.29, 0.717) is 0 Å². The van der Waals surface area contributed by atoms with Gasteiger partial charge in [-0.25, -0.2) is 0 Å². The van der Waals surface area contributed by atoms with E-state index >= 15 is 0 Å². The summed E-state index contributed by atoms with van der Waals surface area (Å²) in [4.78, 5) is 16.5. The first-order valence-corrected chi connectivity index (χ1v) is 11.4. The van der Waals surface area contributed by atoms with Gasteiger partial charge in [-0.3, -0.25) is 9.79 Å². The van der Waals surface area contributed by atoms with E-state index in [-0.39, 0.29) is 11.3 Å². The van der Waals surface area contributed by atoms with Crippen molar-refractivity contribution in [3.05, 3.63) is 40.6 Å². The maximum Gasteiger partial charge on any atom is 0.160 e. The smallest absolute Gasteiger partial charge is 0.160 e. The molecule has 0 N–H and O–H groups in total. The van der Waals surface area contributed by atoms with Gasteiger partial charge in [0.05, 0.1) is 13.6 Å². The molecule has 0 spiro atoms. The van der Waals surface area contributed by atoms with E-state index in [1.54, 1.807) is 6.92 Å². The molecule has 3 heteroatoms. The first-order chi connectivity index (χ1) is 9.89. The van der Waals surface area contributed by atoms with Gasteiger partial charge in [0.25, 0.3) is 0 Å². The van der Waals surface area contributed by atoms with Gasteiger partial charge in [-0.15, -0.1) is 0 Å². The SMILES string of the molecule is CC(=O)c1cc(C=NC(C)(C)C)ccc1/C(C)=C/[Si](C)(C)C. The summed E-state index contributed by atoms with van der Waals surface area (Å²) in [6, 6.07) is 6.04. The molecule has 0 aliphatic carbocycles. The highest BCUT2D eigenvalue weighted by Crippen LogP contribution is 2.23. The zero-order chi connectivity index (χ0) is 17.1.